The Balaban J connectivity index is 1.75. The van der Waals surface area contributed by atoms with Crippen LogP contribution in [0.3, 0.4) is 0 Å². The number of carbonyl (C=O) groups excluding carboxylic acids is 3. The Morgan fingerprint density at radius 2 is 1.83 bits per heavy atom. The molecule has 0 unspecified atom stereocenters. The van der Waals surface area contributed by atoms with E-state index in [4.69, 9.17) is 11.6 Å². The highest BCUT2D eigenvalue weighted by atomic mass is 35.5. The monoisotopic (exact) mass is 413 g/mol. The van der Waals surface area contributed by atoms with Gasteiger partial charge in [0, 0.05) is 10.7 Å². The third-order valence-corrected chi connectivity index (χ3v) is 5.63. The van der Waals surface area contributed by atoms with Crippen LogP contribution in [0.4, 0.5) is 10.5 Å². The Labute approximate surface area is 175 Å². The lowest BCUT2D eigenvalue weighted by molar-refractivity contribution is -0.133. The number of rotatable bonds is 6. The highest BCUT2D eigenvalue weighted by Crippen LogP contribution is 2.30. The van der Waals surface area contributed by atoms with Crippen LogP contribution in [0.15, 0.2) is 48.5 Å². The zero-order valence-electron chi connectivity index (χ0n) is 16.7. The standard InChI is InChI=1S/C22H24ClN3O3/c1-4-14(2)17-7-5-6-8-18(17)24-19(27)13-26-20(28)22(3,25-21(26)29)15-9-11-16(23)12-10-15/h5-12,14H,4,13H2,1-3H3,(H,24,27)(H,25,29)/t14-,22+/m0/s1. The van der Waals surface area contributed by atoms with Gasteiger partial charge in [-0.25, -0.2) is 4.79 Å². The lowest BCUT2D eigenvalue weighted by Gasteiger charge is -2.22. The van der Waals surface area contributed by atoms with Gasteiger partial charge in [0.1, 0.15) is 12.1 Å². The van der Waals surface area contributed by atoms with E-state index in [0.717, 1.165) is 16.9 Å². The first-order valence-corrected chi connectivity index (χ1v) is 9.93. The molecular weight excluding hydrogens is 390 g/mol. The van der Waals surface area contributed by atoms with Crippen LogP contribution >= 0.6 is 11.6 Å². The summed E-state index contributed by atoms with van der Waals surface area (Å²) in [5.74, 6) is -0.629. The number of benzene rings is 2. The molecule has 0 bridgehead atoms. The molecule has 4 amide bonds. The summed E-state index contributed by atoms with van der Waals surface area (Å²) in [5.41, 5.74) is 1.08. The maximum absolute atomic E-state index is 13.0. The summed E-state index contributed by atoms with van der Waals surface area (Å²) in [6, 6.07) is 13.6. The molecule has 1 heterocycles. The summed E-state index contributed by atoms with van der Waals surface area (Å²) in [5, 5.41) is 6.06. The molecule has 2 atom stereocenters. The van der Waals surface area contributed by atoms with Gasteiger partial charge >= 0.3 is 6.03 Å². The molecule has 6 nitrogen and oxygen atoms in total. The molecule has 1 fully saturated rings. The molecule has 7 heteroatoms. The number of carbonyl (C=O) groups is 3. The van der Waals surface area contributed by atoms with Crippen molar-refractivity contribution in [3.63, 3.8) is 0 Å². The Morgan fingerprint density at radius 1 is 1.17 bits per heavy atom. The predicted molar refractivity (Wildman–Crippen MR) is 113 cm³/mol. The van der Waals surface area contributed by atoms with E-state index in [-0.39, 0.29) is 12.5 Å². The number of nitrogens with one attached hydrogen (secondary N) is 2. The van der Waals surface area contributed by atoms with Crippen LogP contribution < -0.4 is 10.6 Å². The molecule has 1 aliphatic heterocycles. The highest BCUT2D eigenvalue weighted by molar-refractivity contribution is 6.30. The average Bonchev–Trinajstić information content (AvgIpc) is 2.92. The molecular formula is C22H24ClN3O3. The first-order valence-electron chi connectivity index (χ1n) is 9.55. The molecule has 0 aromatic heterocycles. The smallest absolute Gasteiger partial charge is 0.324 e. The van der Waals surface area contributed by atoms with E-state index in [2.05, 4.69) is 24.5 Å². The molecule has 1 saturated heterocycles. The van der Waals surface area contributed by atoms with Gasteiger partial charge in [-0.3, -0.25) is 14.5 Å². The van der Waals surface area contributed by atoms with E-state index in [1.165, 1.54) is 0 Å². The van der Waals surface area contributed by atoms with Crippen LogP contribution in [0.1, 0.15) is 44.2 Å². The topological polar surface area (TPSA) is 78.5 Å². The van der Waals surface area contributed by atoms with E-state index >= 15 is 0 Å². The Morgan fingerprint density at radius 3 is 2.48 bits per heavy atom. The zero-order chi connectivity index (χ0) is 21.2. The third-order valence-electron chi connectivity index (χ3n) is 5.38. The molecule has 2 N–H and O–H groups in total. The maximum atomic E-state index is 13.0. The van der Waals surface area contributed by atoms with Crippen LogP contribution in [0.25, 0.3) is 0 Å². The van der Waals surface area contributed by atoms with Crippen molar-refractivity contribution in [3.8, 4) is 0 Å². The predicted octanol–water partition coefficient (Wildman–Crippen LogP) is 4.26. The van der Waals surface area contributed by atoms with Crippen LogP contribution in [0.5, 0.6) is 0 Å². The summed E-state index contributed by atoms with van der Waals surface area (Å²) >= 11 is 5.91. The number of hydrogen-bond donors (Lipinski definition) is 2. The van der Waals surface area contributed by atoms with Gasteiger partial charge in [0.05, 0.1) is 0 Å². The van der Waals surface area contributed by atoms with Crippen molar-refractivity contribution < 1.29 is 14.4 Å². The van der Waals surface area contributed by atoms with E-state index in [0.29, 0.717) is 16.3 Å². The number of halogens is 1. The summed E-state index contributed by atoms with van der Waals surface area (Å²) < 4.78 is 0. The largest absolute Gasteiger partial charge is 0.325 e. The van der Waals surface area contributed by atoms with Crippen molar-refractivity contribution in [1.29, 1.82) is 0 Å². The van der Waals surface area contributed by atoms with Crippen LogP contribution in [-0.4, -0.2) is 29.3 Å². The van der Waals surface area contributed by atoms with Gasteiger partial charge < -0.3 is 10.6 Å². The van der Waals surface area contributed by atoms with Gasteiger partial charge in [-0.15, -0.1) is 0 Å². The Kier molecular flexibility index (Phi) is 5.94. The van der Waals surface area contributed by atoms with Crippen LogP contribution in [0, 0.1) is 0 Å². The Bertz CT molecular complexity index is 945. The van der Waals surface area contributed by atoms with Gasteiger partial charge in [0.25, 0.3) is 5.91 Å². The summed E-state index contributed by atoms with van der Waals surface area (Å²) in [6.45, 7) is 5.42. The average molecular weight is 414 g/mol. The van der Waals surface area contributed by atoms with E-state index in [1.54, 1.807) is 31.2 Å². The molecule has 3 rings (SSSR count). The second kappa shape index (κ2) is 8.25. The fraction of sp³-hybridized carbons (Fsp3) is 0.318. The van der Waals surface area contributed by atoms with Crippen LogP contribution in [0.2, 0.25) is 5.02 Å². The number of anilines is 1. The number of urea groups is 1. The number of amides is 4. The van der Waals surface area contributed by atoms with Crippen molar-refractivity contribution in [1.82, 2.24) is 10.2 Å². The SMILES string of the molecule is CC[C@H](C)c1ccccc1NC(=O)CN1C(=O)N[C@](C)(c2ccc(Cl)cc2)C1=O. The molecule has 0 saturated carbocycles. The van der Waals surface area contributed by atoms with Crippen molar-refractivity contribution in [2.45, 2.75) is 38.6 Å². The van der Waals surface area contributed by atoms with Crippen molar-refractivity contribution >= 4 is 35.1 Å². The first kappa shape index (κ1) is 20.9. The summed E-state index contributed by atoms with van der Waals surface area (Å²) in [6.07, 6.45) is 0.930. The Hall–Kier alpha value is -2.86. The van der Waals surface area contributed by atoms with Crippen molar-refractivity contribution in [2.75, 3.05) is 11.9 Å². The van der Waals surface area contributed by atoms with Crippen molar-refractivity contribution in [3.05, 3.63) is 64.7 Å². The molecule has 0 aliphatic carbocycles. The molecule has 1 aliphatic rings. The minimum atomic E-state index is -1.24. The normalized spacial score (nSPS) is 19.8. The lowest BCUT2D eigenvalue weighted by Crippen LogP contribution is -2.42. The number of para-hydroxylation sites is 1. The van der Waals surface area contributed by atoms with Gasteiger partial charge in [0.15, 0.2) is 0 Å². The van der Waals surface area contributed by atoms with E-state index < -0.39 is 23.4 Å². The molecule has 0 spiro atoms. The molecule has 2 aromatic carbocycles. The quantitative estimate of drug-likeness (QED) is 0.694. The fourth-order valence-corrected chi connectivity index (χ4v) is 3.54. The molecule has 0 radical (unpaired) electrons. The minimum Gasteiger partial charge on any atom is -0.324 e. The number of imide groups is 1. The minimum absolute atomic E-state index is 0.274. The molecule has 152 valence electrons. The van der Waals surface area contributed by atoms with Gasteiger partial charge in [-0.1, -0.05) is 55.8 Å². The fourth-order valence-electron chi connectivity index (χ4n) is 3.41. The van der Waals surface area contributed by atoms with E-state index in [1.807, 2.05) is 24.3 Å². The van der Waals surface area contributed by atoms with Crippen molar-refractivity contribution in [2.24, 2.45) is 0 Å². The van der Waals surface area contributed by atoms with Gasteiger partial charge in [-0.05, 0) is 48.6 Å². The second-order valence-electron chi connectivity index (χ2n) is 7.40. The van der Waals surface area contributed by atoms with Gasteiger partial charge in [-0.2, -0.15) is 0 Å². The second-order valence-corrected chi connectivity index (χ2v) is 7.83. The lowest BCUT2D eigenvalue weighted by atomic mass is 9.92. The zero-order valence-corrected chi connectivity index (χ0v) is 17.4. The van der Waals surface area contributed by atoms with Crippen LogP contribution in [-0.2, 0) is 15.1 Å². The van der Waals surface area contributed by atoms with Gasteiger partial charge in [0.2, 0.25) is 5.91 Å². The first-order chi connectivity index (χ1) is 13.8. The summed E-state index contributed by atoms with van der Waals surface area (Å²) in [7, 11) is 0. The third kappa shape index (κ3) is 4.12. The highest BCUT2D eigenvalue weighted by Gasteiger charge is 2.49. The molecule has 29 heavy (non-hydrogen) atoms. The maximum Gasteiger partial charge on any atom is 0.325 e. The van der Waals surface area contributed by atoms with E-state index in [9.17, 15) is 14.4 Å². The number of hydrogen-bond acceptors (Lipinski definition) is 3. The number of nitrogens with zero attached hydrogens (tertiary/aromatic N) is 1. The summed E-state index contributed by atoms with van der Waals surface area (Å²) in [4.78, 5) is 39.0. The molecule has 2 aromatic rings.